The molecule has 13 heavy (non-hydrogen) atoms. The number of rotatable bonds is 5. The summed E-state index contributed by atoms with van der Waals surface area (Å²) >= 11 is 0. The van der Waals surface area contributed by atoms with Gasteiger partial charge < -0.3 is 15.5 Å². The fraction of sp³-hybridized carbons (Fsp3) is 0.889. The Morgan fingerprint density at radius 3 is 2.23 bits per heavy atom. The molecule has 1 atom stereocenters. The fourth-order valence-corrected chi connectivity index (χ4v) is 0.918. The van der Waals surface area contributed by atoms with Crippen LogP contribution in [0.2, 0.25) is 0 Å². The number of nitrogens with zero attached hydrogens (tertiary/aromatic N) is 2. The number of nitrogens with two attached hydrogens (primary N) is 1. The molecule has 4 heteroatoms. The monoisotopic (exact) mass is 187 g/mol. The average Bonchev–Trinajstić information content (AvgIpc) is 2.11. The molecule has 0 radical (unpaired) electrons. The van der Waals surface area contributed by atoms with E-state index in [1.807, 2.05) is 25.9 Å². The number of carbonyl (C=O) groups excluding carboxylic acids is 1. The normalized spacial score (nSPS) is 13.1. The van der Waals surface area contributed by atoms with E-state index in [0.717, 1.165) is 13.1 Å². The van der Waals surface area contributed by atoms with Crippen LogP contribution in [-0.2, 0) is 4.79 Å². The summed E-state index contributed by atoms with van der Waals surface area (Å²) in [5.41, 5.74) is 5.62. The third kappa shape index (κ3) is 4.85. The lowest BCUT2D eigenvalue weighted by Crippen LogP contribution is -2.43. The topological polar surface area (TPSA) is 49.6 Å². The van der Waals surface area contributed by atoms with Crippen LogP contribution in [0.5, 0.6) is 0 Å². The Kier molecular flexibility index (Phi) is 5.66. The largest absolute Gasteiger partial charge is 0.343 e. The lowest BCUT2D eigenvalue weighted by Gasteiger charge is -2.22. The predicted octanol–water partition coefficient (Wildman–Crippen LogP) is -0.256. The summed E-state index contributed by atoms with van der Waals surface area (Å²) < 4.78 is 0. The van der Waals surface area contributed by atoms with Crippen molar-refractivity contribution in [3.05, 3.63) is 0 Å². The van der Waals surface area contributed by atoms with Gasteiger partial charge in [-0.25, -0.2) is 0 Å². The van der Waals surface area contributed by atoms with Gasteiger partial charge in [0.15, 0.2) is 0 Å². The molecule has 0 aliphatic rings. The zero-order valence-corrected chi connectivity index (χ0v) is 9.08. The first-order chi connectivity index (χ1) is 5.99. The molecular weight excluding hydrogens is 166 g/mol. The maximum atomic E-state index is 11.5. The van der Waals surface area contributed by atoms with E-state index in [9.17, 15) is 4.79 Å². The molecule has 0 saturated carbocycles. The average molecular weight is 187 g/mol. The van der Waals surface area contributed by atoms with Gasteiger partial charge in [-0.2, -0.15) is 0 Å². The van der Waals surface area contributed by atoms with Crippen LogP contribution in [0.3, 0.4) is 0 Å². The standard InChI is InChI=1S/C9H21N3O/c1-5-8(10)9(13)12(4)7-6-11(2)3/h8H,5-7,10H2,1-4H3. The maximum Gasteiger partial charge on any atom is 0.239 e. The second-order valence-electron chi connectivity index (χ2n) is 3.58. The van der Waals surface area contributed by atoms with Crippen molar-refractivity contribution in [1.82, 2.24) is 9.80 Å². The van der Waals surface area contributed by atoms with Gasteiger partial charge in [-0.05, 0) is 20.5 Å². The van der Waals surface area contributed by atoms with Crippen molar-refractivity contribution in [3.63, 3.8) is 0 Å². The molecule has 0 aliphatic carbocycles. The highest BCUT2D eigenvalue weighted by atomic mass is 16.2. The molecule has 2 N–H and O–H groups in total. The summed E-state index contributed by atoms with van der Waals surface area (Å²) in [5.74, 6) is 0.0318. The summed E-state index contributed by atoms with van der Waals surface area (Å²) in [5, 5.41) is 0. The van der Waals surface area contributed by atoms with Gasteiger partial charge in [0.1, 0.15) is 0 Å². The van der Waals surface area contributed by atoms with E-state index >= 15 is 0 Å². The highest BCUT2D eigenvalue weighted by molar-refractivity contribution is 5.81. The van der Waals surface area contributed by atoms with Gasteiger partial charge in [-0.1, -0.05) is 6.92 Å². The van der Waals surface area contributed by atoms with Crippen LogP contribution >= 0.6 is 0 Å². The molecule has 0 spiro atoms. The van der Waals surface area contributed by atoms with Gasteiger partial charge in [0.05, 0.1) is 6.04 Å². The molecular formula is C9H21N3O. The van der Waals surface area contributed by atoms with Gasteiger partial charge in [-0.15, -0.1) is 0 Å². The molecule has 0 aliphatic heterocycles. The number of hydrogen-bond donors (Lipinski definition) is 1. The highest BCUT2D eigenvalue weighted by Gasteiger charge is 2.15. The lowest BCUT2D eigenvalue weighted by molar-refractivity contribution is -0.131. The first-order valence-electron chi connectivity index (χ1n) is 4.64. The molecule has 1 amide bonds. The Bertz CT molecular complexity index is 159. The Labute approximate surface area is 80.7 Å². The third-order valence-corrected chi connectivity index (χ3v) is 2.02. The summed E-state index contributed by atoms with van der Waals surface area (Å²) in [6.07, 6.45) is 0.700. The van der Waals surface area contributed by atoms with Crippen molar-refractivity contribution in [2.45, 2.75) is 19.4 Å². The zero-order valence-electron chi connectivity index (χ0n) is 9.08. The van der Waals surface area contributed by atoms with Gasteiger partial charge in [0.2, 0.25) is 5.91 Å². The second kappa shape index (κ2) is 5.94. The number of carbonyl (C=O) groups is 1. The highest BCUT2D eigenvalue weighted by Crippen LogP contribution is 1.93. The smallest absolute Gasteiger partial charge is 0.239 e. The SMILES string of the molecule is CCC(N)C(=O)N(C)CCN(C)C. The Hall–Kier alpha value is -0.610. The quantitative estimate of drug-likeness (QED) is 0.645. The van der Waals surface area contributed by atoms with Crippen molar-refractivity contribution in [1.29, 1.82) is 0 Å². The van der Waals surface area contributed by atoms with E-state index in [1.54, 1.807) is 11.9 Å². The summed E-state index contributed by atoms with van der Waals surface area (Å²) in [6.45, 7) is 3.53. The molecule has 0 fully saturated rings. The predicted molar refractivity (Wildman–Crippen MR) is 54.5 cm³/mol. The van der Waals surface area contributed by atoms with Crippen LogP contribution in [-0.4, -0.2) is 56.0 Å². The van der Waals surface area contributed by atoms with Crippen molar-refractivity contribution < 1.29 is 4.79 Å². The van der Waals surface area contributed by atoms with E-state index in [2.05, 4.69) is 0 Å². The van der Waals surface area contributed by atoms with Crippen LogP contribution in [0.1, 0.15) is 13.3 Å². The minimum atomic E-state index is -0.341. The molecule has 0 aromatic rings. The molecule has 0 aromatic carbocycles. The maximum absolute atomic E-state index is 11.5. The molecule has 0 bridgehead atoms. The molecule has 0 saturated heterocycles. The summed E-state index contributed by atoms with van der Waals surface area (Å²) in [4.78, 5) is 15.2. The van der Waals surface area contributed by atoms with Gasteiger partial charge >= 0.3 is 0 Å². The molecule has 0 heterocycles. The van der Waals surface area contributed by atoms with Crippen LogP contribution < -0.4 is 5.73 Å². The van der Waals surface area contributed by atoms with E-state index in [4.69, 9.17) is 5.73 Å². The van der Waals surface area contributed by atoms with Crippen LogP contribution in [0.4, 0.5) is 0 Å². The third-order valence-electron chi connectivity index (χ3n) is 2.02. The fourth-order valence-electron chi connectivity index (χ4n) is 0.918. The van der Waals surface area contributed by atoms with Crippen molar-refractivity contribution in [2.24, 2.45) is 5.73 Å². The summed E-state index contributed by atoms with van der Waals surface area (Å²) in [7, 11) is 5.76. The van der Waals surface area contributed by atoms with Crippen molar-refractivity contribution >= 4 is 5.91 Å². The van der Waals surface area contributed by atoms with Crippen molar-refractivity contribution in [3.8, 4) is 0 Å². The minimum absolute atomic E-state index is 0.0318. The van der Waals surface area contributed by atoms with E-state index in [-0.39, 0.29) is 11.9 Å². The number of hydrogen-bond acceptors (Lipinski definition) is 3. The van der Waals surface area contributed by atoms with Gasteiger partial charge in [0.25, 0.3) is 0 Å². The molecule has 4 nitrogen and oxygen atoms in total. The summed E-state index contributed by atoms with van der Waals surface area (Å²) in [6, 6.07) is -0.341. The molecule has 0 aromatic heterocycles. The Morgan fingerprint density at radius 1 is 1.31 bits per heavy atom. The van der Waals surface area contributed by atoms with Crippen LogP contribution in [0.25, 0.3) is 0 Å². The number of likely N-dealkylation sites (N-methyl/N-ethyl adjacent to an activating group) is 2. The first-order valence-corrected chi connectivity index (χ1v) is 4.64. The molecule has 1 unspecified atom stereocenters. The molecule has 0 rings (SSSR count). The minimum Gasteiger partial charge on any atom is -0.343 e. The lowest BCUT2D eigenvalue weighted by atomic mass is 10.2. The first kappa shape index (κ1) is 12.4. The zero-order chi connectivity index (χ0) is 10.4. The van der Waals surface area contributed by atoms with Gasteiger partial charge in [-0.3, -0.25) is 4.79 Å². The van der Waals surface area contributed by atoms with E-state index < -0.39 is 0 Å². The van der Waals surface area contributed by atoms with E-state index in [1.165, 1.54) is 0 Å². The second-order valence-corrected chi connectivity index (χ2v) is 3.58. The van der Waals surface area contributed by atoms with E-state index in [0.29, 0.717) is 6.42 Å². The Balaban J connectivity index is 3.82. The Morgan fingerprint density at radius 2 is 1.85 bits per heavy atom. The van der Waals surface area contributed by atoms with Crippen LogP contribution in [0.15, 0.2) is 0 Å². The number of amides is 1. The van der Waals surface area contributed by atoms with Crippen molar-refractivity contribution in [2.75, 3.05) is 34.2 Å². The molecule has 78 valence electrons. The van der Waals surface area contributed by atoms with Gasteiger partial charge in [0, 0.05) is 20.1 Å². The van der Waals surface area contributed by atoms with Crippen LogP contribution in [0, 0.1) is 0 Å².